The van der Waals surface area contributed by atoms with Crippen LogP contribution in [-0.2, 0) is 16.0 Å². The summed E-state index contributed by atoms with van der Waals surface area (Å²) >= 11 is 0. The minimum absolute atomic E-state index is 0.0834. The Kier molecular flexibility index (Phi) is 9.53. The molecule has 0 radical (unpaired) electrons. The number of pyridine rings is 1. The summed E-state index contributed by atoms with van der Waals surface area (Å²) in [6, 6.07) is 15.8. The number of nitrogens with zero attached hydrogens (tertiary/aromatic N) is 4. The standard InChI is InChI=1S/C32H38FN5O4/c1-36(2)25-7-3-23(4-8-25)5-10-30(39)35-29-9-6-24(33)21-28(29)32(40)38-15-12-27(13-16-38)42-31-22-26(11-14-34-31)37-17-19-41-20-18-37/h3-4,6-9,11,14,21-22,27H,5,10,12-13,15-20H2,1-2H3,(H,35,39). The highest BCUT2D eigenvalue weighted by molar-refractivity contribution is 6.03. The number of benzene rings is 2. The molecular formula is C32H38FN5O4. The zero-order valence-electron chi connectivity index (χ0n) is 24.2. The van der Waals surface area contributed by atoms with E-state index in [2.05, 4.69) is 15.2 Å². The fourth-order valence-corrected chi connectivity index (χ4v) is 5.23. The first-order valence-corrected chi connectivity index (χ1v) is 14.5. The van der Waals surface area contributed by atoms with Crippen molar-refractivity contribution in [2.75, 3.05) is 68.6 Å². The van der Waals surface area contributed by atoms with Crippen molar-refractivity contribution in [1.29, 1.82) is 0 Å². The summed E-state index contributed by atoms with van der Waals surface area (Å²) in [6.45, 7) is 3.98. The van der Waals surface area contributed by atoms with Gasteiger partial charge in [0, 0.05) is 83.2 Å². The maximum Gasteiger partial charge on any atom is 0.256 e. The van der Waals surface area contributed by atoms with Gasteiger partial charge in [0.25, 0.3) is 5.91 Å². The first-order valence-electron chi connectivity index (χ1n) is 14.5. The number of carbonyl (C=O) groups excluding carboxylic acids is 2. The van der Waals surface area contributed by atoms with Gasteiger partial charge in [0.1, 0.15) is 11.9 Å². The first-order chi connectivity index (χ1) is 20.4. The Balaban J connectivity index is 1.15. The molecule has 1 N–H and O–H groups in total. The molecule has 222 valence electrons. The average Bonchev–Trinajstić information content (AvgIpc) is 3.02. The number of aryl methyl sites for hydroxylation is 1. The molecule has 0 spiro atoms. The summed E-state index contributed by atoms with van der Waals surface area (Å²) in [5.41, 5.74) is 3.65. The van der Waals surface area contributed by atoms with Crippen LogP contribution in [0.2, 0.25) is 0 Å². The molecule has 2 aliphatic heterocycles. The summed E-state index contributed by atoms with van der Waals surface area (Å²) in [5.74, 6) is -0.504. The summed E-state index contributed by atoms with van der Waals surface area (Å²) in [4.78, 5) is 36.5. The largest absolute Gasteiger partial charge is 0.474 e. The minimum atomic E-state index is -0.526. The number of halogens is 1. The SMILES string of the molecule is CN(C)c1ccc(CCC(=O)Nc2ccc(F)cc2C(=O)N2CCC(Oc3cc(N4CCOCC4)ccn3)CC2)cc1. The molecule has 2 amide bonds. The van der Waals surface area contributed by atoms with Crippen molar-refractivity contribution in [2.24, 2.45) is 0 Å². The minimum Gasteiger partial charge on any atom is -0.474 e. The van der Waals surface area contributed by atoms with Gasteiger partial charge in [0.15, 0.2) is 0 Å². The van der Waals surface area contributed by atoms with Crippen molar-refractivity contribution >= 4 is 28.9 Å². The van der Waals surface area contributed by atoms with Crippen molar-refractivity contribution < 1.29 is 23.5 Å². The highest BCUT2D eigenvalue weighted by Gasteiger charge is 2.27. The monoisotopic (exact) mass is 575 g/mol. The second kappa shape index (κ2) is 13.7. The van der Waals surface area contributed by atoms with Crippen LogP contribution in [0.5, 0.6) is 5.88 Å². The first kappa shape index (κ1) is 29.3. The Morgan fingerprint density at radius 3 is 2.48 bits per heavy atom. The van der Waals surface area contributed by atoms with E-state index in [9.17, 15) is 14.0 Å². The van der Waals surface area contributed by atoms with E-state index < -0.39 is 5.82 Å². The smallest absolute Gasteiger partial charge is 0.256 e. The van der Waals surface area contributed by atoms with Gasteiger partial charge in [-0.3, -0.25) is 9.59 Å². The molecule has 3 aromatic rings. The van der Waals surface area contributed by atoms with Crippen LogP contribution in [-0.4, -0.2) is 81.3 Å². The highest BCUT2D eigenvalue weighted by Crippen LogP contribution is 2.25. The number of amides is 2. The summed E-state index contributed by atoms with van der Waals surface area (Å²) in [7, 11) is 3.95. The maximum atomic E-state index is 14.2. The van der Waals surface area contributed by atoms with E-state index in [1.54, 1.807) is 11.1 Å². The number of morpholine rings is 1. The normalized spacial score (nSPS) is 15.8. The van der Waals surface area contributed by atoms with Crippen LogP contribution in [0.3, 0.4) is 0 Å². The van der Waals surface area contributed by atoms with Crippen LogP contribution in [0.1, 0.15) is 35.2 Å². The van der Waals surface area contributed by atoms with E-state index in [0.29, 0.717) is 57.1 Å². The average molecular weight is 576 g/mol. The molecule has 2 aromatic carbocycles. The number of aromatic nitrogens is 1. The fourth-order valence-electron chi connectivity index (χ4n) is 5.23. The van der Waals surface area contributed by atoms with Crippen molar-refractivity contribution in [1.82, 2.24) is 9.88 Å². The molecule has 0 unspecified atom stereocenters. The number of carbonyl (C=O) groups is 2. The van der Waals surface area contributed by atoms with Gasteiger partial charge in [-0.05, 0) is 48.4 Å². The molecule has 0 aliphatic carbocycles. The number of rotatable bonds is 9. The molecule has 3 heterocycles. The van der Waals surface area contributed by atoms with Gasteiger partial charge in [0.05, 0.1) is 24.5 Å². The van der Waals surface area contributed by atoms with Crippen LogP contribution in [0.4, 0.5) is 21.5 Å². The third-order valence-electron chi connectivity index (χ3n) is 7.69. The highest BCUT2D eigenvalue weighted by atomic mass is 19.1. The number of anilines is 3. The Morgan fingerprint density at radius 1 is 1.02 bits per heavy atom. The molecule has 2 saturated heterocycles. The van der Waals surface area contributed by atoms with E-state index in [1.165, 1.54) is 18.2 Å². The molecule has 10 heteroatoms. The lowest BCUT2D eigenvalue weighted by Gasteiger charge is -2.33. The van der Waals surface area contributed by atoms with Gasteiger partial charge in [-0.25, -0.2) is 9.37 Å². The molecule has 2 fully saturated rings. The van der Waals surface area contributed by atoms with Crippen LogP contribution >= 0.6 is 0 Å². The topological polar surface area (TPSA) is 87.2 Å². The van der Waals surface area contributed by atoms with E-state index in [0.717, 1.165) is 30.0 Å². The number of nitrogens with one attached hydrogen (secondary N) is 1. The van der Waals surface area contributed by atoms with Crippen molar-refractivity contribution in [3.05, 3.63) is 77.7 Å². The number of hydrogen-bond acceptors (Lipinski definition) is 7. The summed E-state index contributed by atoms with van der Waals surface area (Å²) in [5, 5.41) is 2.83. The molecule has 0 saturated carbocycles. The number of hydrogen-bond donors (Lipinski definition) is 1. The van der Waals surface area contributed by atoms with Crippen molar-refractivity contribution in [2.45, 2.75) is 31.8 Å². The fraction of sp³-hybridized carbons (Fsp3) is 0.406. The van der Waals surface area contributed by atoms with Crippen molar-refractivity contribution in [3.8, 4) is 5.88 Å². The van der Waals surface area contributed by atoms with E-state index in [4.69, 9.17) is 9.47 Å². The van der Waals surface area contributed by atoms with Gasteiger partial charge in [0.2, 0.25) is 11.8 Å². The predicted molar refractivity (Wildman–Crippen MR) is 161 cm³/mol. The van der Waals surface area contributed by atoms with Crippen LogP contribution in [0.15, 0.2) is 60.8 Å². The van der Waals surface area contributed by atoms with Gasteiger partial charge in [-0.1, -0.05) is 12.1 Å². The van der Waals surface area contributed by atoms with Crippen molar-refractivity contribution in [3.63, 3.8) is 0 Å². The third-order valence-corrected chi connectivity index (χ3v) is 7.69. The van der Waals surface area contributed by atoms with Crippen LogP contribution in [0, 0.1) is 5.82 Å². The van der Waals surface area contributed by atoms with E-state index in [1.807, 2.05) is 55.4 Å². The molecule has 0 bridgehead atoms. The molecular weight excluding hydrogens is 537 g/mol. The summed E-state index contributed by atoms with van der Waals surface area (Å²) < 4.78 is 25.8. The molecule has 0 atom stereocenters. The Bertz CT molecular complexity index is 1370. The lowest BCUT2D eigenvalue weighted by Crippen LogP contribution is -2.42. The van der Waals surface area contributed by atoms with E-state index in [-0.39, 0.29) is 29.9 Å². The number of piperidine rings is 1. The molecule has 1 aromatic heterocycles. The zero-order chi connectivity index (χ0) is 29.5. The molecule has 42 heavy (non-hydrogen) atoms. The number of likely N-dealkylation sites (tertiary alicyclic amines) is 1. The maximum absolute atomic E-state index is 14.2. The Hall–Kier alpha value is -4.18. The lowest BCUT2D eigenvalue weighted by atomic mass is 10.0. The number of ether oxygens (including phenoxy) is 2. The van der Waals surface area contributed by atoms with Gasteiger partial charge >= 0.3 is 0 Å². The third kappa shape index (κ3) is 7.55. The quantitative estimate of drug-likeness (QED) is 0.405. The zero-order valence-corrected chi connectivity index (χ0v) is 24.2. The van der Waals surface area contributed by atoms with Crippen LogP contribution in [0.25, 0.3) is 0 Å². The van der Waals surface area contributed by atoms with Gasteiger partial charge in [-0.15, -0.1) is 0 Å². The molecule has 2 aliphatic rings. The second-order valence-corrected chi connectivity index (χ2v) is 10.9. The molecule has 9 nitrogen and oxygen atoms in total. The van der Waals surface area contributed by atoms with Gasteiger partial charge < -0.3 is 29.5 Å². The van der Waals surface area contributed by atoms with Crippen LogP contribution < -0.4 is 19.9 Å². The Morgan fingerprint density at radius 2 is 1.76 bits per heavy atom. The molecule has 5 rings (SSSR count). The predicted octanol–water partition coefficient (Wildman–Crippen LogP) is 4.38. The van der Waals surface area contributed by atoms with E-state index >= 15 is 0 Å². The second-order valence-electron chi connectivity index (χ2n) is 10.9. The lowest BCUT2D eigenvalue weighted by molar-refractivity contribution is -0.116. The Labute approximate surface area is 246 Å². The summed E-state index contributed by atoms with van der Waals surface area (Å²) in [6.07, 6.45) is 3.72. The van der Waals surface area contributed by atoms with Gasteiger partial charge in [-0.2, -0.15) is 0 Å².